The number of nitrogens with zero attached hydrogens (tertiary/aromatic N) is 1. The molecule has 0 aromatic heterocycles. The van der Waals surface area contributed by atoms with E-state index in [-0.39, 0.29) is 0 Å². The van der Waals surface area contributed by atoms with E-state index >= 15 is 0 Å². The molecule has 92 valence electrons. The van der Waals surface area contributed by atoms with Crippen molar-refractivity contribution in [3.63, 3.8) is 0 Å². The van der Waals surface area contributed by atoms with Gasteiger partial charge in [0.2, 0.25) is 0 Å². The minimum absolute atomic E-state index is 0.755. The molecule has 0 N–H and O–H groups in total. The maximum Gasteiger partial charge on any atom is 0.106 e. The molecule has 0 bridgehead atoms. The van der Waals surface area contributed by atoms with Crippen LogP contribution in [0.3, 0.4) is 0 Å². The van der Waals surface area contributed by atoms with E-state index in [4.69, 9.17) is 4.84 Å². The van der Waals surface area contributed by atoms with Crippen LogP contribution < -0.4 is 0 Å². The lowest BCUT2D eigenvalue weighted by Gasteiger charge is -2.06. The fourth-order valence-electron chi connectivity index (χ4n) is 1.72. The fourth-order valence-corrected chi connectivity index (χ4v) is 1.99. The first kappa shape index (κ1) is 12.8. The molecule has 0 saturated carbocycles. The lowest BCUT2D eigenvalue weighted by atomic mass is 10.0. The Labute approximate surface area is 115 Å². The predicted molar refractivity (Wildman–Crippen MR) is 77.8 cm³/mol. The van der Waals surface area contributed by atoms with E-state index in [1.54, 1.807) is 7.11 Å². The summed E-state index contributed by atoms with van der Waals surface area (Å²) in [6.07, 6.45) is 0.755. The zero-order valence-electron chi connectivity index (χ0n) is 10.1. The Morgan fingerprint density at radius 2 is 1.72 bits per heavy atom. The van der Waals surface area contributed by atoms with E-state index < -0.39 is 0 Å². The molecule has 0 amide bonds. The largest absolute Gasteiger partial charge is 0.399 e. The number of oxime groups is 1. The van der Waals surface area contributed by atoms with Gasteiger partial charge in [0, 0.05) is 10.9 Å². The lowest BCUT2D eigenvalue weighted by molar-refractivity contribution is 0.213. The monoisotopic (exact) mass is 303 g/mol. The molecule has 2 aromatic carbocycles. The van der Waals surface area contributed by atoms with Crippen LogP contribution in [0.4, 0.5) is 0 Å². The Morgan fingerprint density at radius 3 is 2.33 bits per heavy atom. The van der Waals surface area contributed by atoms with Crippen molar-refractivity contribution in [1.29, 1.82) is 0 Å². The lowest BCUT2D eigenvalue weighted by Crippen LogP contribution is -2.05. The van der Waals surface area contributed by atoms with Crippen LogP contribution in [0.5, 0.6) is 0 Å². The van der Waals surface area contributed by atoms with Crippen molar-refractivity contribution in [2.75, 3.05) is 7.11 Å². The second kappa shape index (κ2) is 6.36. The first-order valence-corrected chi connectivity index (χ1v) is 6.49. The summed E-state index contributed by atoms with van der Waals surface area (Å²) in [5, 5.41) is 4.12. The maximum atomic E-state index is 4.93. The van der Waals surface area contributed by atoms with E-state index in [1.807, 2.05) is 42.5 Å². The highest BCUT2D eigenvalue weighted by Gasteiger charge is 2.05. The van der Waals surface area contributed by atoms with Gasteiger partial charge in [0.1, 0.15) is 7.11 Å². The summed E-state index contributed by atoms with van der Waals surface area (Å²) in [5.74, 6) is 0. The highest BCUT2D eigenvalue weighted by molar-refractivity contribution is 9.10. The summed E-state index contributed by atoms with van der Waals surface area (Å²) in [7, 11) is 1.57. The molecule has 0 aliphatic heterocycles. The van der Waals surface area contributed by atoms with Crippen LogP contribution in [-0.2, 0) is 11.3 Å². The molecule has 0 saturated heterocycles. The molecule has 0 aliphatic carbocycles. The average Bonchev–Trinajstić information content (AvgIpc) is 2.42. The zero-order chi connectivity index (χ0) is 12.8. The van der Waals surface area contributed by atoms with Gasteiger partial charge in [-0.05, 0) is 23.3 Å². The van der Waals surface area contributed by atoms with E-state index in [1.165, 1.54) is 5.56 Å². The number of benzene rings is 2. The Bertz CT molecular complexity index is 520. The van der Waals surface area contributed by atoms with Crippen molar-refractivity contribution in [3.8, 4) is 0 Å². The third-order valence-electron chi connectivity index (χ3n) is 2.59. The first-order chi connectivity index (χ1) is 8.79. The molecule has 3 heteroatoms. The summed E-state index contributed by atoms with van der Waals surface area (Å²) in [5.41, 5.74) is 3.22. The smallest absolute Gasteiger partial charge is 0.106 e. The van der Waals surface area contributed by atoms with Crippen molar-refractivity contribution in [3.05, 3.63) is 70.2 Å². The summed E-state index contributed by atoms with van der Waals surface area (Å²) >= 11 is 3.43. The van der Waals surface area contributed by atoms with Crippen molar-refractivity contribution in [2.24, 2.45) is 5.16 Å². The van der Waals surface area contributed by atoms with Crippen LogP contribution in [-0.4, -0.2) is 12.8 Å². The van der Waals surface area contributed by atoms with Crippen LogP contribution in [0.2, 0.25) is 0 Å². The normalized spacial score (nSPS) is 11.3. The topological polar surface area (TPSA) is 21.6 Å². The minimum Gasteiger partial charge on any atom is -0.399 e. The molecular formula is C15H14BrNO. The van der Waals surface area contributed by atoms with E-state index in [2.05, 4.69) is 33.2 Å². The molecule has 0 radical (unpaired) electrons. The maximum absolute atomic E-state index is 4.93. The van der Waals surface area contributed by atoms with E-state index in [0.717, 1.165) is 22.2 Å². The van der Waals surface area contributed by atoms with Crippen LogP contribution >= 0.6 is 15.9 Å². The number of hydrogen-bond acceptors (Lipinski definition) is 2. The highest BCUT2D eigenvalue weighted by Crippen LogP contribution is 2.13. The van der Waals surface area contributed by atoms with E-state index in [9.17, 15) is 0 Å². The summed E-state index contributed by atoms with van der Waals surface area (Å²) in [4.78, 5) is 4.93. The van der Waals surface area contributed by atoms with Gasteiger partial charge in [0.05, 0.1) is 5.71 Å². The summed E-state index contributed by atoms with van der Waals surface area (Å²) < 4.78 is 1.08. The number of rotatable bonds is 4. The van der Waals surface area contributed by atoms with Gasteiger partial charge in [-0.15, -0.1) is 0 Å². The first-order valence-electron chi connectivity index (χ1n) is 5.69. The Kier molecular flexibility index (Phi) is 4.53. The molecule has 0 unspecified atom stereocenters. The molecule has 2 rings (SSSR count). The molecule has 0 heterocycles. The summed E-state index contributed by atoms with van der Waals surface area (Å²) in [6, 6.07) is 18.3. The molecular weight excluding hydrogens is 290 g/mol. The summed E-state index contributed by atoms with van der Waals surface area (Å²) in [6.45, 7) is 0. The Balaban J connectivity index is 2.22. The van der Waals surface area contributed by atoms with Gasteiger partial charge in [0.25, 0.3) is 0 Å². The molecule has 2 nitrogen and oxygen atoms in total. The standard InChI is InChI=1S/C15H14BrNO/c1-18-17-15(13-5-3-2-4-6-13)11-12-7-9-14(16)10-8-12/h2-10H,11H2,1H3/b17-15+. The molecule has 0 fully saturated rings. The Morgan fingerprint density at radius 1 is 1.06 bits per heavy atom. The van der Waals surface area contributed by atoms with Crippen LogP contribution in [0.1, 0.15) is 11.1 Å². The van der Waals surface area contributed by atoms with Gasteiger partial charge in [-0.25, -0.2) is 0 Å². The van der Waals surface area contributed by atoms with E-state index in [0.29, 0.717) is 0 Å². The third kappa shape index (κ3) is 3.44. The van der Waals surface area contributed by atoms with Crippen molar-refractivity contribution in [2.45, 2.75) is 6.42 Å². The number of hydrogen-bond donors (Lipinski definition) is 0. The van der Waals surface area contributed by atoms with Gasteiger partial charge in [-0.3, -0.25) is 0 Å². The van der Waals surface area contributed by atoms with Gasteiger partial charge in [-0.1, -0.05) is 63.6 Å². The molecule has 0 aliphatic rings. The molecule has 18 heavy (non-hydrogen) atoms. The third-order valence-corrected chi connectivity index (χ3v) is 3.12. The van der Waals surface area contributed by atoms with Crippen molar-refractivity contribution < 1.29 is 4.84 Å². The van der Waals surface area contributed by atoms with Crippen molar-refractivity contribution >= 4 is 21.6 Å². The molecule has 0 atom stereocenters. The number of halogens is 1. The second-order valence-corrected chi connectivity index (χ2v) is 4.81. The average molecular weight is 304 g/mol. The van der Waals surface area contributed by atoms with Gasteiger partial charge < -0.3 is 4.84 Å². The zero-order valence-corrected chi connectivity index (χ0v) is 11.7. The van der Waals surface area contributed by atoms with Gasteiger partial charge in [0.15, 0.2) is 0 Å². The minimum atomic E-state index is 0.755. The highest BCUT2D eigenvalue weighted by atomic mass is 79.9. The van der Waals surface area contributed by atoms with Crippen LogP contribution in [0, 0.1) is 0 Å². The van der Waals surface area contributed by atoms with Gasteiger partial charge in [-0.2, -0.15) is 0 Å². The second-order valence-electron chi connectivity index (χ2n) is 3.89. The van der Waals surface area contributed by atoms with Crippen LogP contribution in [0.15, 0.2) is 64.2 Å². The molecule has 0 spiro atoms. The van der Waals surface area contributed by atoms with Crippen molar-refractivity contribution in [1.82, 2.24) is 0 Å². The Hall–Kier alpha value is -1.61. The molecule has 2 aromatic rings. The van der Waals surface area contributed by atoms with Gasteiger partial charge >= 0.3 is 0 Å². The predicted octanol–water partition coefficient (Wildman–Crippen LogP) is 4.04. The SMILES string of the molecule is CO/N=C(\Cc1ccc(Br)cc1)c1ccccc1. The quantitative estimate of drug-likeness (QED) is 0.617. The fraction of sp³-hybridized carbons (Fsp3) is 0.133. The van der Waals surface area contributed by atoms with Crippen LogP contribution in [0.25, 0.3) is 0 Å².